The molecule has 1 heterocycles. The molecule has 5 nitrogen and oxygen atoms in total. The molecule has 2 amide bonds. The predicted molar refractivity (Wildman–Crippen MR) is 116 cm³/mol. The van der Waals surface area contributed by atoms with E-state index in [-0.39, 0.29) is 11.8 Å². The second-order valence-corrected chi connectivity index (χ2v) is 7.40. The number of benzene rings is 2. The zero-order chi connectivity index (χ0) is 20.5. The Morgan fingerprint density at radius 2 is 1.62 bits per heavy atom. The summed E-state index contributed by atoms with van der Waals surface area (Å²) in [6.07, 6.45) is 6.52. The number of hydrogen-bond acceptors (Lipinski definition) is 3. The third kappa shape index (κ3) is 5.59. The van der Waals surface area contributed by atoms with E-state index < -0.39 is 0 Å². The Hall–Kier alpha value is -2.82. The fourth-order valence-corrected chi connectivity index (χ4v) is 3.55. The van der Waals surface area contributed by atoms with E-state index in [1.54, 1.807) is 18.2 Å². The summed E-state index contributed by atoms with van der Waals surface area (Å²) in [5, 5.41) is 2.92. The highest BCUT2D eigenvalue weighted by molar-refractivity contribution is 6.10. The molecule has 5 heteroatoms. The quantitative estimate of drug-likeness (QED) is 0.600. The Morgan fingerprint density at radius 1 is 0.931 bits per heavy atom. The molecule has 0 aliphatic carbocycles. The van der Waals surface area contributed by atoms with E-state index in [9.17, 15) is 9.59 Å². The molecule has 29 heavy (non-hydrogen) atoms. The molecular formula is C24H30N2O3. The molecule has 1 aliphatic heterocycles. The van der Waals surface area contributed by atoms with E-state index >= 15 is 0 Å². The summed E-state index contributed by atoms with van der Waals surface area (Å²) in [4.78, 5) is 27.6. The fraction of sp³-hybridized carbons (Fsp3) is 0.417. The van der Waals surface area contributed by atoms with Gasteiger partial charge in [0, 0.05) is 13.1 Å². The highest BCUT2D eigenvalue weighted by Crippen LogP contribution is 2.24. The minimum atomic E-state index is -0.268. The summed E-state index contributed by atoms with van der Waals surface area (Å²) >= 11 is 0. The van der Waals surface area contributed by atoms with Crippen molar-refractivity contribution in [2.75, 3.05) is 25.0 Å². The average molecular weight is 395 g/mol. The van der Waals surface area contributed by atoms with E-state index in [1.165, 1.54) is 12.8 Å². The molecule has 0 spiro atoms. The van der Waals surface area contributed by atoms with Crippen molar-refractivity contribution in [1.29, 1.82) is 0 Å². The summed E-state index contributed by atoms with van der Waals surface area (Å²) in [5.41, 5.74) is 1.54. The standard InChI is InChI=1S/C24H30N2O3/c1-2-3-4-11-18-29-22-15-8-6-13-20(22)23(27)25-21-14-7-5-12-19(21)24(28)26-16-9-10-17-26/h5-8,12-15H,2-4,9-11,16-18H2,1H3,(H,25,27). The summed E-state index contributed by atoms with van der Waals surface area (Å²) in [6, 6.07) is 14.4. The molecule has 154 valence electrons. The normalized spacial score (nSPS) is 13.3. The van der Waals surface area contributed by atoms with Gasteiger partial charge in [0.25, 0.3) is 11.8 Å². The summed E-state index contributed by atoms with van der Waals surface area (Å²) in [7, 11) is 0. The van der Waals surface area contributed by atoms with E-state index in [0.29, 0.717) is 29.2 Å². The number of carbonyl (C=O) groups is 2. The molecule has 0 bridgehead atoms. The van der Waals surface area contributed by atoms with Crippen LogP contribution in [0.3, 0.4) is 0 Å². The first-order valence-corrected chi connectivity index (χ1v) is 10.6. The van der Waals surface area contributed by atoms with Crippen LogP contribution in [0.5, 0.6) is 5.75 Å². The lowest BCUT2D eigenvalue weighted by molar-refractivity contribution is 0.0794. The Balaban J connectivity index is 1.70. The minimum Gasteiger partial charge on any atom is -0.493 e. The van der Waals surface area contributed by atoms with Crippen LogP contribution < -0.4 is 10.1 Å². The van der Waals surface area contributed by atoms with Crippen LogP contribution in [0.25, 0.3) is 0 Å². The van der Waals surface area contributed by atoms with Crippen LogP contribution in [0.1, 0.15) is 66.2 Å². The first-order valence-electron chi connectivity index (χ1n) is 10.6. The molecule has 1 N–H and O–H groups in total. The molecule has 2 aromatic rings. The lowest BCUT2D eigenvalue weighted by atomic mass is 10.1. The lowest BCUT2D eigenvalue weighted by Gasteiger charge is -2.18. The van der Waals surface area contributed by atoms with E-state index in [0.717, 1.165) is 38.8 Å². The topological polar surface area (TPSA) is 58.6 Å². The van der Waals surface area contributed by atoms with Crippen molar-refractivity contribution in [3.63, 3.8) is 0 Å². The van der Waals surface area contributed by atoms with Gasteiger partial charge in [-0.3, -0.25) is 9.59 Å². The number of likely N-dealkylation sites (tertiary alicyclic amines) is 1. The maximum atomic E-state index is 13.0. The monoisotopic (exact) mass is 394 g/mol. The molecule has 1 aliphatic rings. The van der Waals surface area contributed by atoms with E-state index in [2.05, 4.69) is 12.2 Å². The SMILES string of the molecule is CCCCCCOc1ccccc1C(=O)Nc1ccccc1C(=O)N1CCCC1. The highest BCUT2D eigenvalue weighted by atomic mass is 16.5. The fourth-order valence-electron chi connectivity index (χ4n) is 3.55. The van der Waals surface area contributed by atoms with Gasteiger partial charge in [0.1, 0.15) is 5.75 Å². The van der Waals surface area contributed by atoms with Gasteiger partial charge in [0.2, 0.25) is 0 Å². The third-order valence-electron chi connectivity index (χ3n) is 5.19. The van der Waals surface area contributed by atoms with Crippen molar-refractivity contribution in [3.05, 3.63) is 59.7 Å². The third-order valence-corrected chi connectivity index (χ3v) is 5.19. The van der Waals surface area contributed by atoms with Gasteiger partial charge in [-0.25, -0.2) is 0 Å². The van der Waals surface area contributed by atoms with Gasteiger partial charge in [0.15, 0.2) is 0 Å². The average Bonchev–Trinajstić information content (AvgIpc) is 3.29. The van der Waals surface area contributed by atoms with Crippen LogP contribution in [0.15, 0.2) is 48.5 Å². The maximum absolute atomic E-state index is 13.0. The number of anilines is 1. The maximum Gasteiger partial charge on any atom is 0.259 e. The molecule has 0 saturated carbocycles. The molecule has 1 fully saturated rings. The summed E-state index contributed by atoms with van der Waals surface area (Å²) < 4.78 is 5.87. The molecule has 1 saturated heterocycles. The van der Waals surface area contributed by atoms with Crippen LogP contribution in [0.2, 0.25) is 0 Å². The molecular weight excluding hydrogens is 364 g/mol. The number of unbranched alkanes of at least 4 members (excludes halogenated alkanes) is 3. The number of amides is 2. The van der Waals surface area contributed by atoms with Gasteiger partial charge >= 0.3 is 0 Å². The van der Waals surface area contributed by atoms with Crippen molar-refractivity contribution in [2.24, 2.45) is 0 Å². The van der Waals surface area contributed by atoms with Crippen molar-refractivity contribution < 1.29 is 14.3 Å². The smallest absolute Gasteiger partial charge is 0.259 e. The first-order chi connectivity index (χ1) is 14.2. The highest BCUT2D eigenvalue weighted by Gasteiger charge is 2.23. The zero-order valence-electron chi connectivity index (χ0n) is 17.2. The second kappa shape index (κ2) is 10.6. The Morgan fingerprint density at radius 3 is 2.38 bits per heavy atom. The Kier molecular flexibility index (Phi) is 7.68. The molecule has 3 rings (SSSR count). The number of para-hydroxylation sites is 2. The van der Waals surface area contributed by atoms with Crippen molar-refractivity contribution in [1.82, 2.24) is 4.90 Å². The van der Waals surface area contributed by atoms with Gasteiger partial charge in [0.05, 0.1) is 23.4 Å². The second-order valence-electron chi connectivity index (χ2n) is 7.40. The largest absolute Gasteiger partial charge is 0.493 e. The van der Waals surface area contributed by atoms with Gasteiger partial charge < -0.3 is 15.0 Å². The van der Waals surface area contributed by atoms with Crippen molar-refractivity contribution in [2.45, 2.75) is 45.4 Å². The van der Waals surface area contributed by atoms with Crippen LogP contribution in [0.4, 0.5) is 5.69 Å². The van der Waals surface area contributed by atoms with Crippen molar-refractivity contribution in [3.8, 4) is 5.75 Å². The molecule has 0 aromatic heterocycles. The molecule has 0 radical (unpaired) electrons. The van der Waals surface area contributed by atoms with Gasteiger partial charge in [-0.2, -0.15) is 0 Å². The molecule has 0 atom stereocenters. The van der Waals surface area contributed by atoms with Crippen LogP contribution in [0, 0.1) is 0 Å². The number of carbonyl (C=O) groups excluding carboxylic acids is 2. The number of rotatable bonds is 9. The predicted octanol–water partition coefficient (Wildman–Crippen LogP) is 5.13. The lowest BCUT2D eigenvalue weighted by Crippen LogP contribution is -2.28. The van der Waals surface area contributed by atoms with Crippen LogP contribution >= 0.6 is 0 Å². The van der Waals surface area contributed by atoms with Gasteiger partial charge in [-0.05, 0) is 43.5 Å². The number of hydrogen-bond donors (Lipinski definition) is 1. The number of ether oxygens (including phenoxy) is 1. The minimum absolute atomic E-state index is 0.0288. The first kappa shape index (κ1) is 20.9. The number of nitrogens with one attached hydrogen (secondary N) is 1. The van der Waals surface area contributed by atoms with Gasteiger partial charge in [-0.1, -0.05) is 50.5 Å². The Bertz CT molecular complexity index is 828. The zero-order valence-corrected chi connectivity index (χ0v) is 17.2. The van der Waals surface area contributed by atoms with E-state index in [4.69, 9.17) is 4.74 Å². The molecule has 2 aromatic carbocycles. The van der Waals surface area contributed by atoms with Crippen molar-refractivity contribution >= 4 is 17.5 Å². The van der Waals surface area contributed by atoms with E-state index in [1.807, 2.05) is 35.2 Å². The summed E-state index contributed by atoms with van der Waals surface area (Å²) in [6.45, 7) is 4.31. The van der Waals surface area contributed by atoms with Crippen LogP contribution in [-0.2, 0) is 0 Å². The van der Waals surface area contributed by atoms with Gasteiger partial charge in [-0.15, -0.1) is 0 Å². The number of nitrogens with zero attached hydrogens (tertiary/aromatic N) is 1. The Labute approximate surface area is 173 Å². The summed E-state index contributed by atoms with van der Waals surface area (Å²) in [5.74, 6) is 0.277. The molecule has 0 unspecified atom stereocenters. The van der Waals surface area contributed by atoms with Crippen LogP contribution in [-0.4, -0.2) is 36.4 Å².